The van der Waals surface area contributed by atoms with Crippen molar-refractivity contribution in [3.63, 3.8) is 0 Å². The zero-order chi connectivity index (χ0) is 27.4. The van der Waals surface area contributed by atoms with Crippen molar-refractivity contribution >= 4 is 42.1 Å². The van der Waals surface area contributed by atoms with E-state index < -0.39 is 49.5 Å². The summed E-state index contributed by atoms with van der Waals surface area (Å²) in [7, 11) is 0. The summed E-state index contributed by atoms with van der Waals surface area (Å²) in [5.74, 6) is -4.25. The molecular formula is C22H33FN2O9S. The summed E-state index contributed by atoms with van der Waals surface area (Å²) in [5.41, 5.74) is 1.36. The number of benzene rings is 1. The number of alkyl carbamates (subject to hydrolysis) is 1. The Morgan fingerprint density at radius 2 is 1.69 bits per heavy atom. The Hall–Kier alpha value is -3.35. The molecule has 0 aliphatic carbocycles. The minimum absolute atomic E-state index is 0.116. The van der Waals surface area contributed by atoms with Gasteiger partial charge in [-0.1, -0.05) is 33.3 Å². The first-order valence-corrected chi connectivity index (χ1v) is 11.5. The number of halogens is 1. The quantitative estimate of drug-likeness (QED) is 0.255. The summed E-state index contributed by atoms with van der Waals surface area (Å²) in [6.45, 7) is 7.85. The van der Waals surface area contributed by atoms with Crippen LogP contribution in [0.25, 0.3) is 0 Å². The molecule has 0 aliphatic rings. The van der Waals surface area contributed by atoms with E-state index in [1.807, 2.05) is 26.8 Å². The number of rotatable bonds is 12. The molecule has 1 unspecified atom stereocenters. The molecule has 1 rings (SSSR count). The highest BCUT2D eigenvalue weighted by atomic mass is 32.2. The molecule has 0 spiro atoms. The molecule has 13 heteroatoms. The van der Waals surface area contributed by atoms with Gasteiger partial charge < -0.3 is 30.7 Å². The van der Waals surface area contributed by atoms with E-state index >= 15 is 0 Å². The van der Waals surface area contributed by atoms with Gasteiger partial charge >= 0.3 is 24.0 Å². The Morgan fingerprint density at radius 1 is 1.06 bits per heavy atom. The van der Waals surface area contributed by atoms with E-state index in [4.69, 9.17) is 15.3 Å². The van der Waals surface area contributed by atoms with Gasteiger partial charge in [0.2, 0.25) is 6.10 Å². The van der Waals surface area contributed by atoms with Crippen molar-refractivity contribution in [3.8, 4) is 0 Å². The third-order valence-corrected chi connectivity index (χ3v) is 4.31. The fourth-order valence-electron chi connectivity index (χ4n) is 2.16. The zero-order valence-corrected chi connectivity index (χ0v) is 20.9. The summed E-state index contributed by atoms with van der Waals surface area (Å²) in [6, 6.07) is 5.16. The first-order valence-electron chi connectivity index (χ1n) is 10.8. The molecule has 5 N–H and O–H groups in total. The van der Waals surface area contributed by atoms with Crippen LogP contribution in [0, 0.1) is 6.92 Å². The molecular weight excluding hydrogens is 487 g/mol. The van der Waals surface area contributed by atoms with Crippen molar-refractivity contribution in [1.29, 1.82) is 0 Å². The molecule has 198 valence electrons. The zero-order valence-electron chi connectivity index (χ0n) is 20.1. The predicted molar refractivity (Wildman–Crippen MR) is 127 cm³/mol. The van der Waals surface area contributed by atoms with Crippen LogP contribution in [0.5, 0.6) is 0 Å². The predicted octanol–water partition coefficient (Wildman–Crippen LogP) is 3.64. The van der Waals surface area contributed by atoms with Crippen molar-refractivity contribution in [3.05, 3.63) is 29.3 Å². The Bertz CT molecular complexity index is 837. The Labute approximate surface area is 207 Å². The molecule has 0 aromatic heterocycles. The van der Waals surface area contributed by atoms with Gasteiger partial charge in [-0.2, -0.15) is 3.89 Å². The molecule has 2 amide bonds. The van der Waals surface area contributed by atoms with Crippen LogP contribution in [0.1, 0.15) is 62.4 Å². The molecule has 35 heavy (non-hydrogen) atoms. The molecule has 1 atom stereocenters. The highest BCUT2D eigenvalue weighted by Crippen LogP contribution is 2.24. The number of carbonyl (C=O) groups is 5. The second-order valence-electron chi connectivity index (χ2n) is 6.60. The van der Waals surface area contributed by atoms with Gasteiger partial charge in [-0.3, -0.25) is 14.4 Å². The Balaban J connectivity index is 0. The highest BCUT2D eigenvalue weighted by molar-refractivity contribution is 7.94. The van der Waals surface area contributed by atoms with Gasteiger partial charge in [0.15, 0.2) is 0 Å². The Morgan fingerprint density at radius 3 is 2.17 bits per heavy atom. The van der Waals surface area contributed by atoms with E-state index in [0.29, 0.717) is 17.0 Å². The third kappa shape index (κ3) is 16.8. The van der Waals surface area contributed by atoms with Crippen molar-refractivity contribution in [2.45, 2.75) is 64.4 Å². The lowest BCUT2D eigenvalue weighted by atomic mass is 10.1. The van der Waals surface area contributed by atoms with Gasteiger partial charge in [0.05, 0.1) is 22.6 Å². The van der Waals surface area contributed by atoms with Crippen LogP contribution in [0.15, 0.2) is 23.1 Å². The van der Waals surface area contributed by atoms with Gasteiger partial charge in [0, 0.05) is 19.4 Å². The van der Waals surface area contributed by atoms with Gasteiger partial charge in [0.1, 0.15) is 6.54 Å². The van der Waals surface area contributed by atoms with Gasteiger partial charge in [-0.25, -0.2) is 9.59 Å². The molecule has 0 heterocycles. The maximum Gasteiger partial charge on any atom is 0.408 e. The summed E-state index contributed by atoms with van der Waals surface area (Å²) >= 11 is 0.116. The number of carbonyl (C=O) groups excluding carboxylic acids is 2. The summed E-state index contributed by atoms with van der Waals surface area (Å²) in [5, 5.41) is 29.7. The Kier molecular flexibility index (Phi) is 19.4. The van der Waals surface area contributed by atoms with Crippen LogP contribution in [0.3, 0.4) is 0 Å². The molecule has 1 aromatic rings. The summed E-state index contributed by atoms with van der Waals surface area (Å²) in [6.07, 6.45) is -1.77. The second-order valence-corrected chi connectivity index (χ2v) is 7.19. The number of hydrogen-bond donors (Lipinski definition) is 5. The first-order chi connectivity index (χ1) is 16.5. The molecule has 0 bridgehead atoms. The minimum Gasteiger partial charge on any atom is -0.481 e. The summed E-state index contributed by atoms with van der Waals surface area (Å²) < 4.78 is 17.0. The van der Waals surface area contributed by atoms with E-state index in [9.17, 15) is 27.9 Å². The van der Waals surface area contributed by atoms with Gasteiger partial charge in [-0.15, -0.1) is 0 Å². The molecule has 0 saturated carbocycles. The van der Waals surface area contributed by atoms with Crippen LogP contribution in [0.2, 0.25) is 0 Å². The topological polar surface area (TPSA) is 179 Å². The lowest BCUT2D eigenvalue weighted by Gasteiger charge is -2.12. The second kappa shape index (κ2) is 20.1. The van der Waals surface area contributed by atoms with E-state index in [2.05, 4.69) is 17.0 Å². The van der Waals surface area contributed by atoms with Crippen LogP contribution in [-0.4, -0.2) is 64.4 Å². The van der Waals surface area contributed by atoms with Crippen LogP contribution < -0.4 is 10.6 Å². The maximum absolute atomic E-state index is 12.7. The number of aliphatic carboxylic acids is 3. The van der Waals surface area contributed by atoms with Crippen molar-refractivity contribution in [2.24, 2.45) is 0 Å². The molecule has 0 radical (unpaired) electrons. The van der Waals surface area contributed by atoms with E-state index in [-0.39, 0.29) is 18.1 Å². The third-order valence-electron chi connectivity index (χ3n) is 3.81. The largest absolute Gasteiger partial charge is 0.481 e. The first kappa shape index (κ1) is 33.8. The average molecular weight is 521 g/mol. The van der Waals surface area contributed by atoms with Crippen LogP contribution >= 0.6 is 12.1 Å². The van der Waals surface area contributed by atoms with Crippen molar-refractivity contribution < 1.29 is 47.9 Å². The smallest absolute Gasteiger partial charge is 0.408 e. The fourth-order valence-corrected chi connectivity index (χ4v) is 2.64. The lowest BCUT2D eigenvalue weighted by Crippen LogP contribution is -2.36. The minimum atomic E-state index is -1.63. The number of unbranched alkanes of at least 4 members (excludes halogenated alkanes) is 1. The number of nitrogens with one attached hydrogen (secondary N) is 2. The number of aryl methyl sites for hydroxylation is 1. The molecule has 0 fully saturated rings. The monoisotopic (exact) mass is 520 g/mol. The lowest BCUT2D eigenvalue weighted by molar-refractivity contribution is -0.148. The van der Waals surface area contributed by atoms with Crippen LogP contribution in [-0.2, 0) is 19.1 Å². The maximum atomic E-state index is 12.7. The molecule has 11 nitrogen and oxygen atoms in total. The number of ether oxygens (including phenoxy) is 1. The standard InChI is InChI=1S/C12H16FNOS.C8H11NO8.C2H6/c1-3-4-7-14-12(15)10-6-5-9(2)8-11(10)16-13;10-5(11)2-1-4(7(14)15)17-8(16)9-3-6(12)13;1-2/h5-6,8H,3-4,7H2,1-2H3,(H,14,15);4H,1-3H2,(H,9,16)(H,10,11)(H,12,13)(H,14,15);1-2H3. The number of amides is 2. The number of carboxylic acids is 3. The van der Waals surface area contributed by atoms with Gasteiger partial charge in [-0.05, 0) is 31.0 Å². The molecule has 1 aromatic carbocycles. The highest BCUT2D eigenvalue weighted by Gasteiger charge is 2.23. The summed E-state index contributed by atoms with van der Waals surface area (Å²) in [4.78, 5) is 53.8. The average Bonchev–Trinajstić information content (AvgIpc) is 2.81. The normalized spacial score (nSPS) is 10.3. The molecule has 0 saturated heterocycles. The number of carboxylic acid groups (broad SMARTS) is 3. The van der Waals surface area contributed by atoms with E-state index in [0.717, 1.165) is 18.4 Å². The van der Waals surface area contributed by atoms with E-state index in [1.165, 1.54) is 0 Å². The SMILES string of the molecule is CC.CCCCNC(=O)c1ccc(C)cc1SF.O=C(O)CCC(OC(=O)NCC(=O)O)C(=O)O. The number of hydrogen-bond acceptors (Lipinski definition) is 7. The van der Waals surface area contributed by atoms with Crippen LogP contribution in [0.4, 0.5) is 8.68 Å². The fraction of sp³-hybridized carbons (Fsp3) is 0.500. The van der Waals surface area contributed by atoms with Crippen molar-refractivity contribution in [2.75, 3.05) is 13.1 Å². The van der Waals surface area contributed by atoms with Crippen molar-refractivity contribution in [1.82, 2.24) is 10.6 Å². The van der Waals surface area contributed by atoms with Gasteiger partial charge in [0.25, 0.3) is 5.91 Å². The van der Waals surface area contributed by atoms with E-state index in [1.54, 1.807) is 17.4 Å². The molecule has 0 aliphatic heterocycles.